The molecule has 0 saturated heterocycles. The minimum atomic E-state index is 0.636. The molecule has 0 spiro atoms. The SMILES string of the molecule is CCCC1CC1NC(=S)NC1CCCCC1. The van der Waals surface area contributed by atoms with Crippen molar-refractivity contribution < 1.29 is 0 Å². The maximum absolute atomic E-state index is 5.37. The van der Waals surface area contributed by atoms with Gasteiger partial charge in [0.15, 0.2) is 5.11 Å². The first-order chi connectivity index (χ1) is 7.79. The second kappa shape index (κ2) is 5.85. The lowest BCUT2D eigenvalue weighted by Gasteiger charge is -2.24. The Labute approximate surface area is 105 Å². The topological polar surface area (TPSA) is 24.1 Å². The zero-order valence-electron chi connectivity index (χ0n) is 10.3. The van der Waals surface area contributed by atoms with Crippen LogP contribution >= 0.6 is 12.2 Å². The van der Waals surface area contributed by atoms with Gasteiger partial charge in [0, 0.05) is 12.1 Å². The summed E-state index contributed by atoms with van der Waals surface area (Å²) in [6.07, 6.45) is 10.7. The van der Waals surface area contributed by atoms with E-state index in [4.69, 9.17) is 12.2 Å². The molecule has 2 rings (SSSR count). The van der Waals surface area contributed by atoms with Gasteiger partial charge in [-0.1, -0.05) is 32.6 Å². The monoisotopic (exact) mass is 240 g/mol. The molecular formula is C13H24N2S. The van der Waals surface area contributed by atoms with Gasteiger partial charge < -0.3 is 10.6 Å². The van der Waals surface area contributed by atoms with Crippen LogP contribution in [0.15, 0.2) is 0 Å². The van der Waals surface area contributed by atoms with Crippen molar-refractivity contribution in [1.29, 1.82) is 0 Å². The molecule has 2 atom stereocenters. The van der Waals surface area contributed by atoms with Crippen molar-refractivity contribution in [3.63, 3.8) is 0 Å². The van der Waals surface area contributed by atoms with Crippen LogP contribution in [-0.2, 0) is 0 Å². The number of hydrogen-bond acceptors (Lipinski definition) is 1. The Morgan fingerprint density at radius 1 is 1.19 bits per heavy atom. The van der Waals surface area contributed by atoms with E-state index in [2.05, 4.69) is 17.6 Å². The molecule has 0 aliphatic heterocycles. The van der Waals surface area contributed by atoms with Crippen molar-refractivity contribution in [2.45, 2.75) is 70.4 Å². The highest BCUT2D eigenvalue weighted by Gasteiger charge is 2.36. The lowest BCUT2D eigenvalue weighted by molar-refractivity contribution is 0.411. The molecule has 2 fully saturated rings. The zero-order chi connectivity index (χ0) is 11.4. The van der Waals surface area contributed by atoms with E-state index < -0.39 is 0 Å². The van der Waals surface area contributed by atoms with Gasteiger partial charge in [-0.2, -0.15) is 0 Å². The lowest BCUT2D eigenvalue weighted by atomic mass is 9.96. The maximum Gasteiger partial charge on any atom is 0.166 e. The Hall–Kier alpha value is -0.310. The second-order valence-electron chi connectivity index (χ2n) is 5.34. The molecule has 3 heteroatoms. The van der Waals surface area contributed by atoms with Crippen molar-refractivity contribution in [2.24, 2.45) is 5.92 Å². The van der Waals surface area contributed by atoms with Gasteiger partial charge in [-0.15, -0.1) is 0 Å². The molecular weight excluding hydrogens is 216 g/mol. The van der Waals surface area contributed by atoms with Crippen LogP contribution in [0.25, 0.3) is 0 Å². The van der Waals surface area contributed by atoms with Crippen LogP contribution in [0, 0.1) is 5.92 Å². The third kappa shape index (κ3) is 3.62. The Morgan fingerprint density at radius 2 is 1.94 bits per heavy atom. The molecule has 0 radical (unpaired) electrons. The number of rotatable bonds is 4. The van der Waals surface area contributed by atoms with Crippen molar-refractivity contribution in [3.05, 3.63) is 0 Å². The summed E-state index contributed by atoms with van der Waals surface area (Å²) in [6, 6.07) is 1.31. The highest BCUT2D eigenvalue weighted by Crippen LogP contribution is 2.34. The van der Waals surface area contributed by atoms with Gasteiger partial charge in [0.1, 0.15) is 0 Å². The highest BCUT2D eigenvalue weighted by molar-refractivity contribution is 7.80. The molecule has 0 amide bonds. The van der Waals surface area contributed by atoms with E-state index in [0.29, 0.717) is 12.1 Å². The molecule has 2 aliphatic carbocycles. The molecule has 2 N–H and O–H groups in total. The highest BCUT2D eigenvalue weighted by atomic mass is 32.1. The fourth-order valence-electron chi connectivity index (χ4n) is 2.76. The zero-order valence-corrected chi connectivity index (χ0v) is 11.1. The van der Waals surface area contributed by atoms with Crippen LogP contribution in [0.5, 0.6) is 0 Å². The van der Waals surface area contributed by atoms with Gasteiger partial charge in [0.25, 0.3) is 0 Å². The number of nitrogens with one attached hydrogen (secondary N) is 2. The van der Waals surface area contributed by atoms with Crippen LogP contribution in [0.3, 0.4) is 0 Å². The van der Waals surface area contributed by atoms with Gasteiger partial charge in [-0.05, 0) is 43.8 Å². The molecule has 0 aromatic carbocycles. The predicted octanol–water partition coefficient (Wildman–Crippen LogP) is 2.97. The third-order valence-electron chi connectivity index (χ3n) is 3.84. The van der Waals surface area contributed by atoms with Crippen molar-refractivity contribution in [2.75, 3.05) is 0 Å². The van der Waals surface area contributed by atoms with E-state index in [9.17, 15) is 0 Å². The van der Waals surface area contributed by atoms with Gasteiger partial charge in [0.05, 0.1) is 0 Å². The first-order valence-corrected chi connectivity index (χ1v) is 7.27. The number of hydrogen-bond donors (Lipinski definition) is 2. The van der Waals surface area contributed by atoms with Crippen LogP contribution in [0.1, 0.15) is 58.3 Å². The van der Waals surface area contributed by atoms with Gasteiger partial charge >= 0.3 is 0 Å². The normalized spacial score (nSPS) is 29.8. The fraction of sp³-hybridized carbons (Fsp3) is 0.923. The second-order valence-corrected chi connectivity index (χ2v) is 5.75. The first kappa shape index (κ1) is 12.2. The van der Waals surface area contributed by atoms with E-state index in [1.165, 1.54) is 51.4 Å². The Bertz CT molecular complexity index is 236. The molecule has 2 aliphatic rings. The lowest BCUT2D eigenvalue weighted by Crippen LogP contribution is -2.43. The first-order valence-electron chi connectivity index (χ1n) is 6.86. The average molecular weight is 240 g/mol. The van der Waals surface area contributed by atoms with Crippen LogP contribution in [-0.4, -0.2) is 17.2 Å². The van der Waals surface area contributed by atoms with E-state index in [1.807, 2.05) is 0 Å². The van der Waals surface area contributed by atoms with E-state index >= 15 is 0 Å². The molecule has 2 nitrogen and oxygen atoms in total. The fourth-order valence-corrected chi connectivity index (χ4v) is 3.07. The summed E-state index contributed by atoms with van der Waals surface area (Å²) in [4.78, 5) is 0. The summed E-state index contributed by atoms with van der Waals surface area (Å²) >= 11 is 5.37. The summed E-state index contributed by atoms with van der Waals surface area (Å²) < 4.78 is 0. The van der Waals surface area contributed by atoms with Crippen LogP contribution in [0.2, 0.25) is 0 Å². The van der Waals surface area contributed by atoms with Gasteiger partial charge in [-0.25, -0.2) is 0 Å². The molecule has 92 valence electrons. The van der Waals surface area contributed by atoms with E-state index in [0.717, 1.165) is 11.0 Å². The molecule has 2 saturated carbocycles. The van der Waals surface area contributed by atoms with Gasteiger partial charge in [-0.3, -0.25) is 0 Å². The summed E-state index contributed by atoms with van der Waals surface area (Å²) in [5.41, 5.74) is 0. The minimum Gasteiger partial charge on any atom is -0.360 e. The largest absolute Gasteiger partial charge is 0.360 e. The third-order valence-corrected chi connectivity index (χ3v) is 4.07. The minimum absolute atomic E-state index is 0.636. The summed E-state index contributed by atoms with van der Waals surface area (Å²) in [7, 11) is 0. The molecule has 0 aromatic heterocycles. The van der Waals surface area contributed by atoms with E-state index in [-0.39, 0.29) is 0 Å². The smallest absolute Gasteiger partial charge is 0.166 e. The van der Waals surface area contributed by atoms with Crippen molar-refractivity contribution >= 4 is 17.3 Å². The average Bonchev–Trinajstić information content (AvgIpc) is 2.98. The Balaban J connectivity index is 1.61. The predicted molar refractivity (Wildman–Crippen MR) is 72.5 cm³/mol. The van der Waals surface area contributed by atoms with E-state index in [1.54, 1.807) is 0 Å². The molecule has 0 aromatic rings. The van der Waals surface area contributed by atoms with Crippen molar-refractivity contribution in [3.8, 4) is 0 Å². The summed E-state index contributed by atoms with van der Waals surface area (Å²) in [5, 5.41) is 7.83. The molecule has 2 unspecified atom stereocenters. The maximum atomic E-state index is 5.37. The quantitative estimate of drug-likeness (QED) is 0.739. The molecule has 0 heterocycles. The molecule has 16 heavy (non-hydrogen) atoms. The summed E-state index contributed by atoms with van der Waals surface area (Å²) in [6.45, 7) is 2.26. The van der Waals surface area contributed by atoms with Gasteiger partial charge in [0.2, 0.25) is 0 Å². The standard InChI is InChI=1S/C13H24N2S/c1-2-6-10-9-12(10)15-13(16)14-11-7-4-3-5-8-11/h10-12H,2-9H2,1H3,(H2,14,15,16). The Kier molecular flexibility index (Phi) is 4.45. The van der Waals surface area contributed by atoms with Crippen molar-refractivity contribution in [1.82, 2.24) is 10.6 Å². The molecule has 0 bridgehead atoms. The van der Waals surface area contributed by atoms with Crippen LogP contribution < -0.4 is 10.6 Å². The van der Waals surface area contributed by atoms with Crippen LogP contribution in [0.4, 0.5) is 0 Å². The summed E-state index contributed by atoms with van der Waals surface area (Å²) in [5.74, 6) is 0.885. The Morgan fingerprint density at radius 3 is 2.62 bits per heavy atom. The number of thiocarbonyl (C=S) groups is 1.